The van der Waals surface area contributed by atoms with Crippen molar-refractivity contribution in [1.29, 1.82) is 0 Å². The topological polar surface area (TPSA) is 79.2 Å². The Morgan fingerprint density at radius 3 is 2.32 bits per heavy atom. The normalized spacial score (nSPS) is 50.8. The fraction of sp³-hybridized carbons (Fsp3) is 1.00. The van der Waals surface area contributed by atoms with E-state index in [0.717, 1.165) is 48.3 Å². The van der Waals surface area contributed by atoms with Crippen molar-refractivity contribution >= 4 is 0 Å². The summed E-state index contributed by atoms with van der Waals surface area (Å²) in [6.07, 6.45) is 11.6. The molecule has 0 spiro atoms. The highest BCUT2D eigenvalue weighted by atomic mass is 16.7. The van der Waals surface area contributed by atoms with E-state index in [1.165, 1.54) is 64.2 Å². The molecule has 4 saturated carbocycles. The molecule has 5 aliphatic rings. The van der Waals surface area contributed by atoms with Crippen molar-refractivity contribution in [2.75, 3.05) is 6.61 Å². The van der Waals surface area contributed by atoms with Crippen molar-refractivity contribution in [2.45, 2.75) is 142 Å². The summed E-state index contributed by atoms with van der Waals surface area (Å²) >= 11 is 0. The highest BCUT2D eigenvalue weighted by molar-refractivity contribution is 5.10. The molecule has 4 aliphatic carbocycles. The maximum Gasteiger partial charge on any atom is 0.186 e. The highest BCUT2D eigenvalue weighted by Crippen LogP contribution is 2.68. The van der Waals surface area contributed by atoms with Gasteiger partial charge in [-0.3, -0.25) is 0 Å². The molecule has 3 N–H and O–H groups in total. The molecule has 0 aromatic carbocycles. The second-order valence-electron chi connectivity index (χ2n) is 15.0. The average Bonchev–Trinajstić information content (AvgIpc) is 3.21. The van der Waals surface area contributed by atoms with Crippen LogP contribution in [0.2, 0.25) is 0 Å². The minimum atomic E-state index is -1.20. The lowest BCUT2D eigenvalue weighted by Gasteiger charge is -2.61. The van der Waals surface area contributed by atoms with Crippen molar-refractivity contribution in [1.82, 2.24) is 0 Å². The molecule has 0 bridgehead atoms. The first-order chi connectivity index (χ1) is 17.5. The summed E-state index contributed by atoms with van der Waals surface area (Å²) in [7, 11) is 0. The summed E-state index contributed by atoms with van der Waals surface area (Å²) in [6.45, 7) is 12.6. The summed E-state index contributed by atoms with van der Waals surface area (Å²) in [4.78, 5) is 0. The first-order valence-corrected chi connectivity index (χ1v) is 15.9. The van der Waals surface area contributed by atoms with E-state index in [9.17, 15) is 15.3 Å². The molecule has 37 heavy (non-hydrogen) atoms. The molecule has 5 rings (SSSR count). The van der Waals surface area contributed by atoms with Gasteiger partial charge in [0.25, 0.3) is 0 Å². The highest BCUT2D eigenvalue weighted by Gasteiger charge is 2.60. The summed E-state index contributed by atoms with van der Waals surface area (Å²) in [6, 6.07) is 0. The Morgan fingerprint density at radius 2 is 1.57 bits per heavy atom. The fourth-order valence-corrected chi connectivity index (χ4v) is 10.5. The van der Waals surface area contributed by atoms with Crippen LogP contribution >= 0.6 is 0 Å². The van der Waals surface area contributed by atoms with Gasteiger partial charge >= 0.3 is 0 Å². The lowest BCUT2D eigenvalue weighted by molar-refractivity contribution is -0.289. The van der Waals surface area contributed by atoms with Gasteiger partial charge in [-0.25, -0.2) is 0 Å². The maximum atomic E-state index is 10.4. The Labute approximate surface area is 226 Å². The monoisotopic (exact) mass is 520 g/mol. The Bertz CT molecular complexity index is 772. The van der Waals surface area contributed by atoms with E-state index >= 15 is 0 Å². The molecule has 5 fully saturated rings. The van der Waals surface area contributed by atoms with Gasteiger partial charge < -0.3 is 24.8 Å². The Morgan fingerprint density at radius 1 is 0.838 bits per heavy atom. The Hall–Kier alpha value is -0.200. The lowest BCUT2D eigenvalue weighted by atomic mass is 9.44. The molecular weight excluding hydrogens is 464 g/mol. The predicted molar refractivity (Wildman–Crippen MR) is 146 cm³/mol. The third kappa shape index (κ3) is 5.19. The van der Waals surface area contributed by atoms with Crippen molar-refractivity contribution < 1.29 is 24.8 Å². The van der Waals surface area contributed by atoms with Gasteiger partial charge in [-0.05, 0) is 110 Å². The van der Waals surface area contributed by atoms with Crippen LogP contribution in [0.25, 0.3) is 0 Å². The third-order valence-corrected chi connectivity index (χ3v) is 12.6. The Kier molecular flexibility index (Phi) is 8.42. The first-order valence-electron chi connectivity index (χ1n) is 15.9. The number of ether oxygens (including phenoxy) is 2. The molecule has 0 unspecified atom stereocenters. The number of aliphatic hydroxyl groups is 3. The van der Waals surface area contributed by atoms with Crippen LogP contribution in [0, 0.1) is 52.3 Å². The second kappa shape index (κ2) is 11.0. The number of fused-ring (bicyclic) bond motifs is 5. The van der Waals surface area contributed by atoms with Crippen molar-refractivity contribution in [3.63, 3.8) is 0 Å². The summed E-state index contributed by atoms with van der Waals surface area (Å²) in [5.41, 5.74) is 0.939. The van der Waals surface area contributed by atoms with Crippen LogP contribution in [-0.2, 0) is 9.47 Å². The SMILES string of the molecule is CC(C)CCC[C@@H](C)[C@H]1CC[C@H]2[C@@H]3CC[C@H]4C[C@@H](O[C@@H]5OC[C@@H](O)[C@H](O)[C@H]5O)CC[C@]4(C)[C@H]3CC[C@]12C. The molecule has 0 aromatic rings. The minimum Gasteiger partial charge on any atom is -0.388 e. The van der Waals surface area contributed by atoms with E-state index in [0.29, 0.717) is 16.7 Å². The third-order valence-electron chi connectivity index (χ3n) is 12.6. The van der Waals surface area contributed by atoms with Crippen LogP contribution in [0.5, 0.6) is 0 Å². The van der Waals surface area contributed by atoms with Gasteiger partial charge in [-0.2, -0.15) is 0 Å². The van der Waals surface area contributed by atoms with E-state index in [2.05, 4.69) is 34.6 Å². The van der Waals surface area contributed by atoms with E-state index in [1.54, 1.807) is 0 Å². The van der Waals surface area contributed by atoms with E-state index in [4.69, 9.17) is 9.47 Å². The quantitative estimate of drug-likeness (QED) is 0.363. The van der Waals surface area contributed by atoms with Crippen LogP contribution < -0.4 is 0 Å². The molecule has 0 amide bonds. The largest absolute Gasteiger partial charge is 0.388 e. The van der Waals surface area contributed by atoms with Gasteiger partial charge in [0.15, 0.2) is 6.29 Å². The van der Waals surface area contributed by atoms with Crippen molar-refractivity contribution in [3.05, 3.63) is 0 Å². The maximum absolute atomic E-state index is 10.4. The first kappa shape index (κ1) is 28.3. The van der Waals surface area contributed by atoms with Crippen LogP contribution in [0.3, 0.4) is 0 Å². The zero-order valence-corrected chi connectivity index (χ0v) is 24.3. The van der Waals surface area contributed by atoms with E-state index < -0.39 is 24.6 Å². The molecule has 1 saturated heterocycles. The van der Waals surface area contributed by atoms with Gasteiger partial charge in [0.1, 0.15) is 18.3 Å². The van der Waals surface area contributed by atoms with E-state index in [1.807, 2.05) is 0 Å². The standard InChI is InChI=1S/C32H56O5/c1-19(2)7-6-8-20(3)24-11-12-25-23-10-9-21-17-22(37-30-29(35)28(34)27(33)18-36-30)13-15-31(21,4)26(23)14-16-32(24,25)5/h19-30,33-35H,6-18H2,1-5H3/t20-,21+,22+,23+,24-,25+,26+,27-,28+,29-,30+,31+,32-/m1/s1. The Balaban J connectivity index is 1.20. The molecule has 5 heteroatoms. The zero-order valence-electron chi connectivity index (χ0n) is 24.3. The van der Waals surface area contributed by atoms with Gasteiger partial charge in [0.2, 0.25) is 0 Å². The van der Waals surface area contributed by atoms with Crippen LogP contribution in [0.4, 0.5) is 0 Å². The van der Waals surface area contributed by atoms with Crippen LogP contribution in [0.1, 0.15) is 112 Å². The predicted octanol–water partition coefficient (Wildman–Crippen LogP) is 5.93. The molecule has 1 heterocycles. The summed E-state index contributed by atoms with van der Waals surface area (Å²) in [5.74, 6) is 5.91. The number of rotatable bonds is 7. The number of hydrogen-bond donors (Lipinski definition) is 3. The van der Waals surface area contributed by atoms with Crippen LogP contribution in [0.15, 0.2) is 0 Å². The molecule has 214 valence electrons. The number of aliphatic hydroxyl groups excluding tert-OH is 3. The zero-order chi connectivity index (χ0) is 26.5. The fourth-order valence-electron chi connectivity index (χ4n) is 10.5. The van der Waals surface area contributed by atoms with Crippen molar-refractivity contribution in [2.24, 2.45) is 52.3 Å². The molecular formula is C32H56O5. The summed E-state index contributed by atoms with van der Waals surface area (Å²) < 4.78 is 11.8. The second-order valence-corrected chi connectivity index (χ2v) is 15.0. The van der Waals surface area contributed by atoms with Gasteiger partial charge in [-0.15, -0.1) is 0 Å². The lowest BCUT2D eigenvalue weighted by Crippen LogP contribution is -2.56. The molecule has 13 atom stereocenters. The van der Waals surface area contributed by atoms with Crippen LogP contribution in [-0.4, -0.2) is 52.6 Å². The molecule has 5 nitrogen and oxygen atoms in total. The smallest absolute Gasteiger partial charge is 0.186 e. The number of hydrogen-bond acceptors (Lipinski definition) is 5. The molecule has 0 aromatic heterocycles. The molecule has 0 radical (unpaired) electrons. The van der Waals surface area contributed by atoms with Gasteiger partial charge in [0.05, 0.1) is 12.7 Å². The van der Waals surface area contributed by atoms with E-state index in [-0.39, 0.29) is 12.7 Å². The average molecular weight is 521 g/mol. The molecule has 1 aliphatic heterocycles. The van der Waals surface area contributed by atoms with Gasteiger partial charge in [-0.1, -0.05) is 53.9 Å². The minimum absolute atomic E-state index is 0.0119. The van der Waals surface area contributed by atoms with Gasteiger partial charge in [0, 0.05) is 0 Å². The summed E-state index contributed by atoms with van der Waals surface area (Å²) in [5, 5.41) is 30.2. The van der Waals surface area contributed by atoms with Crippen molar-refractivity contribution in [3.8, 4) is 0 Å².